The summed E-state index contributed by atoms with van der Waals surface area (Å²) < 4.78 is 18.9. The molecule has 1 heterocycles. The van der Waals surface area contributed by atoms with Crippen LogP contribution < -0.4 is 4.74 Å². The number of hydrogen-bond donors (Lipinski definition) is 0. The fourth-order valence-corrected chi connectivity index (χ4v) is 2.88. The molecular weight excluding hydrogens is 286 g/mol. The predicted octanol–water partition coefficient (Wildman–Crippen LogP) is 4.74. The topological polar surface area (TPSA) is 9.23 Å². The summed E-state index contributed by atoms with van der Waals surface area (Å²) >= 11 is 12.6. The third kappa shape index (κ3) is 2.43. The Morgan fingerprint density at radius 3 is 2.84 bits per heavy atom. The number of alkyl halides is 1. The van der Waals surface area contributed by atoms with Gasteiger partial charge in [0.1, 0.15) is 11.6 Å². The first-order valence-electron chi connectivity index (χ1n) is 6.00. The Bertz CT molecular complexity index is 628. The van der Waals surface area contributed by atoms with Gasteiger partial charge >= 0.3 is 0 Å². The van der Waals surface area contributed by atoms with Gasteiger partial charge in [0.15, 0.2) is 0 Å². The Hall–Kier alpha value is -1.25. The van der Waals surface area contributed by atoms with Gasteiger partial charge < -0.3 is 4.74 Å². The number of ether oxygens (including phenoxy) is 1. The van der Waals surface area contributed by atoms with Gasteiger partial charge in [-0.2, -0.15) is 0 Å². The van der Waals surface area contributed by atoms with Crippen molar-refractivity contribution in [1.29, 1.82) is 0 Å². The molecule has 0 N–H and O–H groups in total. The van der Waals surface area contributed by atoms with E-state index in [1.54, 1.807) is 18.2 Å². The second kappa shape index (κ2) is 5.03. The molecule has 0 aliphatic carbocycles. The molecule has 3 rings (SSSR count). The number of halogens is 3. The molecule has 98 valence electrons. The molecular formula is C15H11Cl2FO. The van der Waals surface area contributed by atoms with Crippen LogP contribution in [0.1, 0.15) is 22.1 Å². The zero-order chi connectivity index (χ0) is 13.4. The van der Waals surface area contributed by atoms with Gasteiger partial charge in [-0.15, -0.1) is 11.6 Å². The molecule has 0 radical (unpaired) electrons. The summed E-state index contributed by atoms with van der Waals surface area (Å²) in [6, 6.07) is 9.94. The fourth-order valence-electron chi connectivity index (χ4n) is 2.33. The summed E-state index contributed by atoms with van der Waals surface area (Å²) in [6.07, 6.45) is 0.829. The maximum absolute atomic E-state index is 13.3. The maximum atomic E-state index is 13.3. The van der Waals surface area contributed by atoms with E-state index < -0.39 is 5.38 Å². The van der Waals surface area contributed by atoms with Crippen molar-refractivity contribution in [2.45, 2.75) is 11.8 Å². The van der Waals surface area contributed by atoms with Crippen molar-refractivity contribution in [3.8, 4) is 5.75 Å². The first-order chi connectivity index (χ1) is 9.15. The Balaban J connectivity index is 2.07. The molecule has 4 heteroatoms. The van der Waals surface area contributed by atoms with Gasteiger partial charge in [0.05, 0.1) is 12.0 Å². The molecule has 1 nitrogen and oxygen atoms in total. The van der Waals surface area contributed by atoms with Crippen LogP contribution in [0.3, 0.4) is 0 Å². The quantitative estimate of drug-likeness (QED) is 0.727. The summed E-state index contributed by atoms with van der Waals surface area (Å²) in [5.74, 6) is 0.483. The molecule has 2 aromatic carbocycles. The van der Waals surface area contributed by atoms with Crippen LogP contribution in [0.25, 0.3) is 0 Å². The smallest absolute Gasteiger partial charge is 0.127 e. The molecule has 0 saturated heterocycles. The second-order valence-electron chi connectivity index (χ2n) is 4.50. The highest BCUT2D eigenvalue weighted by atomic mass is 35.5. The highest BCUT2D eigenvalue weighted by Crippen LogP contribution is 2.41. The molecule has 0 bridgehead atoms. The largest absolute Gasteiger partial charge is 0.493 e. The zero-order valence-electron chi connectivity index (χ0n) is 10.00. The van der Waals surface area contributed by atoms with E-state index in [4.69, 9.17) is 27.9 Å². The fraction of sp³-hybridized carbons (Fsp3) is 0.200. The molecule has 1 unspecified atom stereocenters. The van der Waals surface area contributed by atoms with E-state index in [2.05, 4.69) is 0 Å². The van der Waals surface area contributed by atoms with E-state index in [9.17, 15) is 4.39 Å². The van der Waals surface area contributed by atoms with E-state index in [-0.39, 0.29) is 5.82 Å². The van der Waals surface area contributed by atoms with Crippen molar-refractivity contribution in [2.24, 2.45) is 0 Å². The first-order valence-corrected chi connectivity index (χ1v) is 6.81. The lowest BCUT2D eigenvalue weighted by atomic mass is 10.0. The highest BCUT2D eigenvalue weighted by Gasteiger charge is 2.23. The van der Waals surface area contributed by atoms with Gasteiger partial charge in [0.2, 0.25) is 0 Å². The normalized spacial score (nSPS) is 14.9. The molecule has 1 atom stereocenters. The number of benzene rings is 2. The lowest BCUT2D eigenvalue weighted by molar-refractivity contribution is 0.353. The number of rotatable bonds is 2. The van der Waals surface area contributed by atoms with Gasteiger partial charge in [-0.05, 0) is 35.4 Å². The SMILES string of the molecule is Fc1cccc(C(Cl)c2cc(Cl)cc3c2OCC3)c1. The minimum absolute atomic E-state index is 0.303. The third-order valence-electron chi connectivity index (χ3n) is 3.19. The van der Waals surface area contributed by atoms with Crippen LogP contribution in [0.5, 0.6) is 5.75 Å². The Labute approximate surface area is 120 Å². The van der Waals surface area contributed by atoms with Gasteiger partial charge in [-0.1, -0.05) is 23.7 Å². The van der Waals surface area contributed by atoms with Crippen LogP contribution in [0.15, 0.2) is 36.4 Å². The summed E-state index contributed by atoms with van der Waals surface area (Å²) in [5.41, 5.74) is 2.55. The lowest BCUT2D eigenvalue weighted by Crippen LogP contribution is -1.98. The van der Waals surface area contributed by atoms with Gasteiger partial charge in [-0.3, -0.25) is 0 Å². The first kappa shape index (κ1) is 12.8. The van der Waals surface area contributed by atoms with Crippen LogP contribution >= 0.6 is 23.2 Å². The van der Waals surface area contributed by atoms with E-state index in [0.29, 0.717) is 17.2 Å². The molecule has 0 saturated carbocycles. The molecule has 0 spiro atoms. The molecule has 2 aromatic rings. The van der Waals surface area contributed by atoms with Crippen molar-refractivity contribution in [3.63, 3.8) is 0 Å². The highest BCUT2D eigenvalue weighted by molar-refractivity contribution is 6.31. The summed E-state index contributed by atoms with van der Waals surface area (Å²) in [5, 5.41) is 0.155. The summed E-state index contributed by atoms with van der Waals surface area (Å²) in [4.78, 5) is 0. The minimum Gasteiger partial charge on any atom is -0.493 e. The molecule has 1 aliphatic heterocycles. The van der Waals surface area contributed by atoms with E-state index in [1.807, 2.05) is 6.07 Å². The average Bonchev–Trinajstić information content (AvgIpc) is 2.85. The second-order valence-corrected chi connectivity index (χ2v) is 5.37. The zero-order valence-corrected chi connectivity index (χ0v) is 11.5. The average molecular weight is 297 g/mol. The van der Waals surface area contributed by atoms with Crippen LogP contribution in [0, 0.1) is 5.82 Å². The van der Waals surface area contributed by atoms with Crippen molar-refractivity contribution in [2.75, 3.05) is 6.61 Å². The van der Waals surface area contributed by atoms with Gasteiger partial charge in [0.25, 0.3) is 0 Å². The third-order valence-corrected chi connectivity index (χ3v) is 3.90. The molecule has 1 aliphatic rings. The molecule has 19 heavy (non-hydrogen) atoms. The van der Waals surface area contributed by atoms with Crippen LogP contribution in [0.2, 0.25) is 5.02 Å². The van der Waals surface area contributed by atoms with E-state index in [0.717, 1.165) is 23.3 Å². The van der Waals surface area contributed by atoms with Crippen molar-refractivity contribution in [3.05, 3.63) is 63.9 Å². The van der Waals surface area contributed by atoms with Crippen molar-refractivity contribution < 1.29 is 9.13 Å². The summed E-state index contributed by atoms with van der Waals surface area (Å²) in [6.45, 7) is 0.634. The standard InChI is InChI=1S/C15H11Cl2FO/c16-11-6-10-4-5-19-15(10)13(8-11)14(17)9-2-1-3-12(18)7-9/h1-3,6-8,14H,4-5H2. The van der Waals surface area contributed by atoms with Crippen molar-refractivity contribution >= 4 is 23.2 Å². The Morgan fingerprint density at radius 2 is 2.05 bits per heavy atom. The van der Waals surface area contributed by atoms with Gasteiger partial charge in [-0.25, -0.2) is 4.39 Å². The Morgan fingerprint density at radius 1 is 1.21 bits per heavy atom. The van der Waals surface area contributed by atoms with Crippen LogP contribution in [0.4, 0.5) is 4.39 Å². The minimum atomic E-state index is -0.471. The number of fused-ring (bicyclic) bond motifs is 1. The Kier molecular flexibility index (Phi) is 3.38. The molecule has 0 aromatic heterocycles. The predicted molar refractivity (Wildman–Crippen MR) is 74.7 cm³/mol. The summed E-state index contributed by atoms with van der Waals surface area (Å²) in [7, 11) is 0. The number of hydrogen-bond acceptors (Lipinski definition) is 1. The maximum Gasteiger partial charge on any atom is 0.127 e. The molecule has 0 fully saturated rings. The molecule has 0 amide bonds. The van der Waals surface area contributed by atoms with E-state index in [1.165, 1.54) is 12.1 Å². The van der Waals surface area contributed by atoms with Crippen molar-refractivity contribution in [1.82, 2.24) is 0 Å². The van der Waals surface area contributed by atoms with Crippen LogP contribution in [-0.4, -0.2) is 6.61 Å². The monoisotopic (exact) mass is 296 g/mol. The van der Waals surface area contributed by atoms with Crippen LogP contribution in [-0.2, 0) is 6.42 Å². The van der Waals surface area contributed by atoms with E-state index >= 15 is 0 Å². The lowest BCUT2D eigenvalue weighted by Gasteiger charge is -2.15. The van der Waals surface area contributed by atoms with Gasteiger partial charge in [0, 0.05) is 17.0 Å².